The summed E-state index contributed by atoms with van der Waals surface area (Å²) in [5, 5.41) is 13.5. The van der Waals surface area contributed by atoms with E-state index in [1.807, 2.05) is 12.1 Å². The van der Waals surface area contributed by atoms with E-state index < -0.39 is 0 Å². The molecule has 0 bridgehead atoms. The van der Waals surface area contributed by atoms with Crippen molar-refractivity contribution in [2.45, 2.75) is 64.5 Å². The number of phenolic OH excluding ortho intramolecular Hbond substituents is 1. The Kier molecular flexibility index (Phi) is 3.30. The van der Waals surface area contributed by atoms with Gasteiger partial charge in [-0.3, -0.25) is 0 Å². The average Bonchev–Trinajstić information content (AvgIpc) is 2.69. The number of fused-ring (bicyclic) bond motifs is 1. The maximum Gasteiger partial charge on any atom is 0.115 e. The molecule has 0 aromatic heterocycles. The van der Waals surface area contributed by atoms with Crippen LogP contribution in [0.2, 0.25) is 0 Å². The fourth-order valence-electron chi connectivity index (χ4n) is 3.85. The van der Waals surface area contributed by atoms with E-state index in [4.69, 9.17) is 0 Å². The molecular weight excluding hydrogens is 234 g/mol. The smallest absolute Gasteiger partial charge is 0.115 e. The van der Waals surface area contributed by atoms with E-state index in [-0.39, 0.29) is 0 Å². The molecule has 2 unspecified atom stereocenters. The fraction of sp³-hybridized carbons (Fsp3) is 0.647. The van der Waals surface area contributed by atoms with Gasteiger partial charge in [-0.2, -0.15) is 0 Å². The molecule has 2 N–H and O–H groups in total. The molecule has 0 amide bonds. The third kappa shape index (κ3) is 2.51. The van der Waals surface area contributed by atoms with Crippen molar-refractivity contribution < 1.29 is 5.11 Å². The molecule has 2 nitrogen and oxygen atoms in total. The summed E-state index contributed by atoms with van der Waals surface area (Å²) >= 11 is 0. The number of hydrogen-bond acceptors (Lipinski definition) is 2. The highest BCUT2D eigenvalue weighted by molar-refractivity contribution is 5.38. The van der Waals surface area contributed by atoms with Crippen LogP contribution in [0.1, 0.15) is 63.1 Å². The third-order valence-corrected chi connectivity index (χ3v) is 5.10. The van der Waals surface area contributed by atoms with Gasteiger partial charge in [0.2, 0.25) is 0 Å². The molecule has 3 rings (SSSR count). The number of benzene rings is 1. The monoisotopic (exact) mass is 259 g/mol. The van der Waals surface area contributed by atoms with Crippen LogP contribution in [0.15, 0.2) is 18.2 Å². The zero-order chi connectivity index (χ0) is 13.5. The van der Waals surface area contributed by atoms with Gasteiger partial charge in [-0.15, -0.1) is 0 Å². The molecule has 2 aliphatic rings. The molecule has 0 spiro atoms. The quantitative estimate of drug-likeness (QED) is 0.843. The highest BCUT2D eigenvalue weighted by atomic mass is 16.3. The van der Waals surface area contributed by atoms with E-state index in [2.05, 4.69) is 25.2 Å². The van der Waals surface area contributed by atoms with Crippen LogP contribution < -0.4 is 5.32 Å². The van der Waals surface area contributed by atoms with Gasteiger partial charge in [0.15, 0.2) is 0 Å². The van der Waals surface area contributed by atoms with Crippen LogP contribution >= 0.6 is 0 Å². The SMILES string of the molecule is CC1(C)CCCC1NC1CCCc2cc(O)ccc21. The second-order valence-corrected chi connectivity index (χ2v) is 6.93. The average molecular weight is 259 g/mol. The third-order valence-electron chi connectivity index (χ3n) is 5.10. The molecule has 1 aromatic rings. The minimum atomic E-state index is 0.403. The standard InChI is InChI=1S/C17H25NO/c1-17(2)10-4-7-16(17)18-15-6-3-5-12-11-13(19)8-9-14(12)15/h8-9,11,15-16,18-19H,3-7,10H2,1-2H3. The largest absolute Gasteiger partial charge is 0.508 e. The lowest BCUT2D eigenvalue weighted by Gasteiger charge is -2.35. The molecule has 2 aliphatic carbocycles. The topological polar surface area (TPSA) is 32.3 Å². The first kappa shape index (κ1) is 13.0. The Labute approximate surface area is 116 Å². The summed E-state index contributed by atoms with van der Waals surface area (Å²) in [5.74, 6) is 0.403. The van der Waals surface area contributed by atoms with E-state index in [1.54, 1.807) is 0 Å². The first-order valence-electron chi connectivity index (χ1n) is 7.64. The maximum atomic E-state index is 9.62. The Morgan fingerprint density at radius 3 is 2.79 bits per heavy atom. The van der Waals surface area contributed by atoms with E-state index in [1.165, 1.54) is 43.2 Å². The fourth-order valence-corrected chi connectivity index (χ4v) is 3.85. The minimum absolute atomic E-state index is 0.403. The Bertz CT molecular complexity index is 466. The molecule has 0 heterocycles. The van der Waals surface area contributed by atoms with Crippen LogP contribution in [-0.4, -0.2) is 11.1 Å². The zero-order valence-electron chi connectivity index (χ0n) is 12.1. The van der Waals surface area contributed by atoms with Crippen LogP contribution in [0.3, 0.4) is 0 Å². The summed E-state index contributed by atoms with van der Waals surface area (Å²) < 4.78 is 0. The maximum absolute atomic E-state index is 9.62. The van der Waals surface area contributed by atoms with E-state index >= 15 is 0 Å². The van der Waals surface area contributed by atoms with Crippen molar-refractivity contribution in [3.05, 3.63) is 29.3 Å². The summed E-state index contributed by atoms with van der Waals surface area (Å²) in [5.41, 5.74) is 3.17. The second-order valence-electron chi connectivity index (χ2n) is 6.93. The lowest BCUT2D eigenvalue weighted by molar-refractivity contribution is 0.252. The van der Waals surface area contributed by atoms with Crippen LogP contribution in [0.25, 0.3) is 0 Å². The van der Waals surface area contributed by atoms with Crippen LogP contribution in [-0.2, 0) is 6.42 Å². The minimum Gasteiger partial charge on any atom is -0.508 e. The number of phenols is 1. The predicted octanol–water partition coefficient (Wildman–Crippen LogP) is 3.94. The second kappa shape index (κ2) is 4.82. The van der Waals surface area contributed by atoms with Gasteiger partial charge in [-0.1, -0.05) is 26.3 Å². The molecule has 1 saturated carbocycles. The van der Waals surface area contributed by atoms with Crippen LogP contribution in [0.4, 0.5) is 0 Å². The van der Waals surface area contributed by atoms with Crippen molar-refractivity contribution in [1.82, 2.24) is 5.32 Å². The number of aromatic hydroxyl groups is 1. The number of hydrogen-bond donors (Lipinski definition) is 2. The summed E-state index contributed by atoms with van der Waals surface area (Å²) in [6.07, 6.45) is 7.54. The Balaban J connectivity index is 1.80. The summed E-state index contributed by atoms with van der Waals surface area (Å²) in [6, 6.07) is 7.01. The van der Waals surface area contributed by atoms with Gasteiger partial charge in [0.1, 0.15) is 5.75 Å². The zero-order valence-corrected chi connectivity index (χ0v) is 12.1. The molecule has 0 saturated heterocycles. The highest BCUT2D eigenvalue weighted by Gasteiger charge is 2.36. The molecule has 0 radical (unpaired) electrons. The molecule has 19 heavy (non-hydrogen) atoms. The Hall–Kier alpha value is -1.02. The van der Waals surface area contributed by atoms with Crippen molar-refractivity contribution in [1.29, 1.82) is 0 Å². The van der Waals surface area contributed by atoms with E-state index in [9.17, 15) is 5.11 Å². The van der Waals surface area contributed by atoms with Gasteiger partial charge in [-0.05, 0) is 60.8 Å². The molecule has 2 atom stereocenters. The number of nitrogens with one attached hydrogen (secondary N) is 1. The first-order chi connectivity index (χ1) is 9.06. The lowest BCUT2D eigenvalue weighted by atomic mass is 9.83. The van der Waals surface area contributed by atoms with Gasteiger partial charge in [0.25, 0.3) is 0 Å². The van der Waals surface area contributed by atoms with Crippen molar-refractivity contribution in [2.24, 2.45) is 5.41 Å². The van der Waals surface area contributed by atoms with Gasteiger partial charge in [0, 0.05) is 12.1 Å². The van der Waals surface area contributed by atoms with E-state index in [0.29, 0.717) is 23.2 Å². The molecular formula is C17H25NO. The summed E-state index contributed by atoms with van der Waals surface area (Å²) in [4.78, 5) is 0. The van der Waals surface area contributed by atoms with Gasteiger partial charge in [0.05, 0.1) is 0 Å². The summed E-state index contributed by atoms with van der Waals surface area (Å²) in [6.45, 7) is 4.77. The van der Waals surface area contributed by atoms with Crippen molar-refractivity contribution in [3.8, 4) is 5.75 Å². The van der Waals surface area contributed by atoms with E-state index in [0.717, 1.165) is 6.42 Å². The first-order valence-corrected chi connectivity index (χ1v) is 7.64. The Morgan fingerprint density at radius 1 is 1.21 bits per heavy atom. The lowest BCUT2D eigenvalue weighted by Crippen LogP contribution is -2.41. The van der Waals surface area contributed by atoms with Crippen LogP contribution in [0, 0.1) is 5.41 Å². The summed E-state index contributed by atoms with van der Waals surface area (Å²) in [7, 11) is 0. The molecule has 104 valence electrons. The normalized spacial score (nSPS) is 29.2. The Morgan fingerprint density at radius 2 is 2.05 bits per heavy atom. The number of aryl methyl sites for hydroxylation is 1. The van der Waals surface area contributed by atoms with Crippen molar-refractivity contribution >= 4 is 0 Å². The predicted molar refractivity (Wildman–Crippen MR) is 78.3 cm³/mol. The highest BCUT2D eigenvalue weighted by Crippen LogP contribution is 2.40. The van der Waals surface area contributed by atoms with Gasteiger partial charge < -0.3 is 10.4 Å². The molecule has 2 heteroatoms. The van der Waals surface area contributed by atoms with Gasteiger partial charge in [-0.25, -0.2) is 0 Å². The number of rotatable bonds is 2. The van der Waals surface area contributed by atoms with Gasteiger partial charge >= 0.3 is 0 Å². The molecule has 1 aromatic carbocycles. The molecule has 0 aliphatic heterocycles. The van der Waals surface area contributed by atoms with Crippen molar-refractivity contribution in [2.75, 3.05) is 0 Å². The molecule has 1 fully saturated rings. The van der Waals surface area contributed by atoms with Crippen molar-refractivity contribution in [3.63, 3.8) is 0 Å². The van der Waals surface area contributed by atoms with Crippen LogP contribution in [0.5, 0.6) is 5.75 Å².